The van der Waals surface area contributed by atoms with Crippen LogP contribution >= 0.6 is 0 Å². The number of fused-ring (bicyclic) bond motifs is 2. The highest BCUT2D eigenvalue weighted by molar-refractivity contribution is 5.35. The maximum absolute atomic E-state index is 7.13. The van der Waals surface area contributed by atoms with Gasteiger partial charge in [-0.3, -0.25) is 4.90 Å². The first kappa shape index (κ1) is 24.0. The highest BCUT2D eigenvalue weighted by Gasteiger charge is 2.68. The summed E-state index contributed by atoms with van der Waals surface area (Å²) in [4.78, 5) is 15.3. The Morgan fingerprint density at radius 1 is 1.00 bits per heavy atom. The van der Waals surface area contributed by atoms with Gasteiger partial charge in [0.1, 0.15) is 11.2 Å². The number of ether oxygens (including phenoxy) is 1. The lowest BCUT2D eigenvalue weighted by Crippen LogP contribution is -2.69. The van der Waals surface area contributed by atoms with Crippen LogP contribution in [0.1, 0.15) is 84.1 Å². The van der Waals surface area contributed by atoms with Gasteiger partial charge >= 0.3 is 0 Å². The minimum absolute atomic E-state index is 0.131. The molecule has 190 valence electrons. The van der Waals surface area contributed by atoms with Gasteiger partial charge in [-0.05, 0) is 94.3 Å². The lowest BCUT2D eigenvalue weighted by atomic mass is 9.55. The van der Waals surface area contributed by atoms with Gasteiger partial charge in [-0.1, -0.05) is 50.3 Å². The van der Waals surface area contributed by atoms with E-state index in [-0.39, 0.29) is 29.5 Å². The molecule has 0 radical (unpaired) electrons. The maximum atomic E-state index is 7.13. The molecule has 4 heteroatoms. The predicted molar refractivity (Wildman–Crippen MR) is 138 cm³/mol. The van der Waals surface area contributed by atoms with Gasteiger partial charge in [0.25, 0.3) is 0 Å². The first-order valence-electron chi connectivity index (χ1n) is 14.3. The minimum Gasteiger partial charge on any atom is -0.371 e. The fourth-order valence-electron chi connectivity index (χ4n) is 8.25. The summed E-state index contributed by atoms with van der Waals surface area (Å²) in [5.41, 5.74) is 0.622. The average Bonchev–Trinajstić information content (AvgIpc) is 3.11. The van der Waals surface area contributed by atoms with Crippen LogP contribution in [0.5, 0.6) is 0 Å². The summed E-state index contributed by atoms with van der Waals surface area (Å²) in [6.07, 6.45) is 11.0. The van der Waals surface area contributed by atoms with Crippen LogP contribution in [-0.4, -0.2) is 47.4 Å². The highest BCUT2D eigenvalue weighted by atomic mass is 17.2. The Labute approximate surface area is 212 Å². The fourth-order valence-corrected chi connectivity index (χ4v) is 8.25. The minimum atomic E-state index is -0.264. The second-order valence-electron chi connectivity index (χ2n) is 12.5. The molecular formula is C31H43NO3. The van der Waals surface area contributed by atoms with E-state index >= 15 is 0 Å². The topological polar surface area (TPSA) is 30.9 Å². The van der Waals surface area contributed by atoms with Crippen LogP contribution in [-0.2, 0) is 14.5 Å². The molecule has 2 saturated carbocycles. The smallest absolute Gasteiger partial charge is 0.136 e. The van der Waals surface area contributed by atoms with Gasteiger partial charge < -0.3 is 4.74 Å². The molecule has 6 aliphatic rings. The van der Waals surface area contributed by atoms with Gasteiger partial charge in [-0.25, -0.2) is 9.78 Å². The lowest BCUT2D eigenvalue weighted by molar-refractivity contribution is -0.487. The van der Waals surface area contributed by atoms with E-state index in [1.54, 1.807) is 0 Å². The molecule has 4 nitrogen and oxygen atoms in total. The summed E-state index contributed by atoms with van der Waals surface area (Å²) >= 11 is 0. The first-order chi connectivity index (χ1) is 17.0. The molecule has 1 aromatic carbocycles. The number of hydrogen-bond acceptors (Lipinski definition) is 4. The van der Waals surface area contributed by atoms with Gasteiger partial charge in [0.15, 0.2) is 0 Å². The third kappa shape index (κ3) is 4.27. The summed E-state index contributed by atoms with van der Waals surface area (Å²) < 4.78 is 7.13. The molecule has 9 atom stereocenters. The third-order valence-corrected chi connectivity index (χ3v) is 10.3. The van der Waals surface area contributed by atoms with Crippen molar-refractivity contribution in [2.24, 2.45) is 23.7 Å². The van der Waals surface area contributed by atoms with Crippen molar-refractivity contribution in [2.75, 3.05) is 13.1 Å². The number of nitrogens with zero attached hydrogens (tertiary/aromatic N) is 1. The van der Waals surface area contributed by atoms with Crippen molar-refractivity contribution < 1.29 is 14.5 Å². The van der Waals surface area contributed by atoms with Crippen LogP contribution < -0.4 is 0 Å². The Hall–Kier alpha value is -1.38. The van der Waals surface area contributed by atoms with Crippen molar-refractivity contribution in [1.29, 1.82) is 0 Å². The Kier molecular flexibility index (Phi) is 6.50. The number of benzene rings is 1. The van der Waals surface area contributed by atoms with E-state index in [9.17, 15) is 0 Å². The van der Waals surface area contributed by atoms with E-state index in [4.69, 9.17) is 14.5 Å². The molecule has 1 aromatic rings. The molecule has 0 aromatic heterocycles. The summed E-state index contributed by atoms with van der Waals surface area (Å²) in [6, 6.07) is 10.7. The Balaban J connectivity index is 1.29. The third-order valence-electron chi connectivity index (χ3n) is 10.3. The molecule has 7 rings (SSSR count). The monoisotopic (exact) mass is 477 g/mol. The summed E-state index contributed by atoms with van der Waals surface area (Å²) in [5.74, 6) is 9.35. The number of piperidine rings is 1. The zero-order chi connectivity index (χ0) is 24.0. The molecule has 4 aliphatic heterocycles. The Morgan fingerprint density at radius 2 is 1.80 bits per heavy atom. The van der Waals surface area contributed by atoms with Gasteiger partial charge in [0, 0.05) is 18.4 Å². The van der Waals surface area contributed by atoms with Crippen LogP contribution in [0.2, 0.25) is 0 Å². The molecule has 6 fully saturated rings. The number of likely N-dealkylation sites (tertiary alicyclic amines) is 1. The molecule has 4 saturated heterocycles. The standard InChI is InChI=1S/C31H43NO3/c1-22-12-15-27-23(2)28(33-29-21-30(3)17-16-26(22)31(27,29)35-34-30)20-25(32-18-8-5-9-19-32)14-13-24-10-6-4-7-11-24/h4,6-7,10-11,22-23,25-29H,5,8-9,12,15-21H2,1-3H3/t22-,23-,25+,26+,27+,28-,29+,30+,31-/m1/s1. The van der Waals surface area contributed by atoms with Crippen LogP contribution in [0, 0.1) is 35.5 Å². The van der Waals surface area contributed by atoms with Gasteiger partial charge in [-0.15, -0.1) is 0 Å². The highest BCUT2D eigenvalue weighted by Crippen LogP contribution is 2.61. The number of hydrogen-bond donors (Lipinski definition) is 0. The van der Waals surface area contributed by atoms with Crippen LogP contribution in [0.3, 0.4) is 0 Å². The average molecular weight is 478 g/mol. The predicted octanol–water partition coefficient (Wildman–Crippen LogP) is 5.99. The van der Waals surface area contributed by atoms with E-state index in [0.29, 0.717) is 23.7 Å². The van der Waals surface area contributed by atoms with Crippen molar-refractivity contribution in [2.45, 2.75) is 108 Å². The maximum Gasteiger partial charge on any atom is 0.136 e. The summed E-state index contributed by atoms with van der Waals surface area (Å²) in [6.45, 7) is 9.39. The normalized spacial score (nSPS) is 44.0. The van der Waals surface area contributed by atoms with Crippen molar-refractivity contribution in [3.8, 4) is 11.8 Å². The van der Waals surface area contributed by atoms with Crippen LogP contribution in [0.25, 0.3) is 0 Å². The van der Waals surface area contributed by atoms with E-state index in [1.165, 1.54) is 38.5 Å². The molecule has 35 heavy (non-hydrogen) atoms. The van der Waals surface area contributed by atoms with Crippen molar-refractivity contribution in [3.63, 3.8) is 0 Å². The molecule has 0 unspecified atom stereocenters. The van der Waals surface area contributed by atoms with Gasteiger partial charge in [0.05, 0.1) is 18.2 Å². The first-order valence-corrected chi connectivity index (χ1v) is 14.3. The SMILES string of the molecule is C[C@H]1[C@@H](C[C@H](C#Cc2ccccc2)N2CCCCC2)O[C@H]2C[C@]3(C)CC[C@H]4[C@H](C)CC[C@@H]1[C@@]24OO3. The van der Waals surface area contributed by atoms with Gasteiger partial charge in [-0.2, -0.15) is 0 Å². The molecule has 0 amide bonds. The Morgan fingerprint density at radius 3 is 2.60 bits per heavy atom. The van der Waals surface area contributed by atoms with E-state index in [0.717, 1.165) is 37.9 Å². The Bertz CT molecular complexity index is 949. The van der Waals surface area contributed by atoms with E-state index in [1.807, 2.05) is 0 Å². The molecule has 4 heterocycles. The van der Waals surface area contributed by atoms with Crippen molar-refractivity contribution in [3.05, 3.63) is 35.9 Å². The second-order valence-corrected chi connectivity index (χ2v) is 12.5. The summed E-state index contributed by atoms with van der Waals surface area (Å²) in [5, 5.41) is 0. The molecule has 0 N–H and O–H groups in total. The van der Waals surface area contributed by atoms with Crippen LogP contribution in [0.4, 0.5) is 0 Å². The zero-order valence-corrected chi connectivity index (χ0v) is 21.9. The van der Waals surface area contributed by atoms with Crippen LogP contribution in [0.15, 0.2) is 30.3 Å². The number of rotatable bonds is 3. The summed E-state index contributed by atoms with van der Waals surface area (Å²) in [7, 11) is 0. The zero-order valence-electron chi connectivity index (χ0n) is 21.9. The molecule has 2 bridgehead atoms. The van der Waals surface area contributed by atoms with E-state index in [2.05, 4.69) is 67.8 Å². The van der Waals surface area contributed by atoms with Crippen molar-refractivity contribution >= 4 is 0 Å². The van der Waals surface area contributed by atoms with E-state index < -0.39 is 0 Å². The largest absolute Gasteiger partial charge is 0.371 e. The lowest BCUT2D eigenvalue weighted by Gasteiger charge is -2.61. The molecule has 1 spiro atoms. The molecular weight excluding hydrogens is 434 g/mol. The quantitative estimate of drug-likeness (QED) is 0.395. The van der Waals surface area contributed by atoms with Crippen molar-refractivity contribution in [1.82, 2.24) is 4.90 Å². The van der Waals surface area contributed by atoms with Gasteiger partial charge in [0.2, 0.25) is 0 Å². The molecule has 2 aliphatic carbocycles. The second kappa shape index (κ2) is 9.49. The fraction of sp³-hybridized carbons (Fsp3) is 0.742.